The molecule has 4 unspecified atom stereocenters. The average Bonchev–Trinajstić information content (AvgIpc) is 2.98. The van der Waals surface area contributed by atoms with E-state index in [4.69, 9.17) is 27.8 Å². The summed E-state index contributed by atoms with van der Waals surface area (Å²) in [5, 5.41) is 59.3. The highest BCUT2D eigenvalue weighted by Gasteiger charge is 2.40. The molecular weight excluding hydrogens is 576 g/mol. The first-order valence-corrected chi connectivity index (χ1v) is 12.5. The van der Waals surface area contributed by atoms with Crippen molar-refractivity contribution in [1.82, 2.24) is 0 Å². The molecule has 2 aromatic heterocycles. The van der Waals surface area contributed by atoms with Gasteiger partial charge in [-0.2, -0.15) is 0 Å². The standard InChI is InChI=1S/C28H22O15/c1-38-22-11(18(32)8-3-12(29)19(33)13(30)4-8)5-9-16-17-10(27(37)42-24(16)22)6-15(23(39-2)25(17)43-26(9)36)41-28-21(35)20(34)14(31)7-40-28/h3-6,14,20-21,28-31,33-35H,7H2,1-2H3. The molecule has 15 heteroatoms. The maximum atomic E-state index is 13.5. The maximum Gasteiger partial charge on any atom is 0.344 e. The van der Waals surface area contributed by atoms with E-state index in [0.717, 1.165) is 18.2 Å². The summed E-state index contributed by atoms with van der Waals surface area (Å²) in [5.41, 5.74) is -3.13. The quantitative estimate of drug-likeness (QED) is 0.0682. The largest absolute Gasteiger partial charge is 0.504 e. The number of aromatic hydroxyl groups is 3. The predicted molar refractivity (Wildman–Crippen MR) is 144 cm³/mol. The number of ether oxygens (including phenoxy) is 4. The van der Waals surface area contributed by atoms with E-state index in [1.54, 1.807) is 0 Å². The third-order valence-electron chi connectivity index (χ3n) is 7.20. The van der Waals surface area contributed by atoms with Gasteiger partial charge in [0, 0.05) is 16.3 Å². The van der Waals surface area contributed by atoms with E-state index < -0.39 is 58.9 Å². The lowest BCUT2D eigenvalue weighted by molar-refractivity contribution is -0.242. The number of methoxy groups -OCH3 is 2. The summed E-state index contributed by atoms with van der Waals surface area (Å²) in [7, 11) is 2.41. The highest BCUT2D eigenvalue weighted by atomic mass is 16.7. The number of phenols is 3. The molecule has 0 bridgehead atoms. The van der Waals surface area contributed by atoms with Crippen LogP contribution in [0.25, 0.3) is 32.7 Å². The second-order valence-corrected chi connectivity index (χ2v) is 9.71. The van der Waals surface area contributed by atoms with Gasteiger partial charge in [0.1, 0.15) is 18.3 Å². The molecule has 0 saturated carbocycles. The van der Waals surface area contributed by atoms with Crippen LogP contribution in [0.4, 0.5) is 0 Å². The van der Waals surface area contributed by atoms with Gasteiger partial charge in [-0.25, -0.2) is 9.59 Å². The Hall–Kier alpha value is -5.09. The van der Waals surface area contributed by atoms with E-state index >= 15 is 0 Å². The molecule has 3 heterocycles. The molecule has 1 aliphatic rings. The van der Waals surface area contributed by atoms with Crippen molar-refractivity contribution in [2.24, 2.45) is 0 Å². The topological polar surface area (TPSA) is 236 Å². The summed E-state index contributed by atoms with van der Waals surface area (Å²) in [4.78, 5) is 40.1. The molecule has 6 rings (SSSR count). The fourth-order valence-corrected chi connectivity index (χ4v) is 5.12. The van der Waals surface area contributed by atoms with Crippen molar-refractivity contribution in [2.75, 3.05) is 20.8 Å². The zero-order valence-corrected chi connectivity index (χ0v) is 22.2. The van der Waals surface area contributed by atoms with Crippen molar-refractivity contribution in [3.8, 4) is 34.5 Å². The van der Waals surface area contributed by atoms with Gasteiger partial charge < -0.3 is 58.4 Å². The van der Waals surface area contributed by atoms with Gasteiger partial charge >= 0.3 is 11.3 Å². The van der Waals surface area contributed by atoms with Crippen LogP contribution in [0.5, 0.6) is 34.5 Å². The van der Waals surface area contributed by atoms with E-state index in [-0.39, 0.29) is 67.7 Å². The van der Waals surface area contributed by atoms with Gasteiger partial charge in [0.2, 0.25) is 12.0 Å². The van der Waals surface area contributed by atoms with Crippen LogP contribution in [0.1, 0.15) is 15.9 Å². The molecule has 1 fully saturated rings. The van der Waals surface area contributed by atoms with Crippen LogP contribution in [-0.2, 0) is 4.74 Å². The molecule has 0 spiro atoms. The van der Waals surface area contributed by atoms with Crippen LogP contribution < -0.4 is 25.5 Å². The summed E-state index contributed by atoms with van der Waals surface area (Å²) < 4.78 is 32.9. The highest BCUT2D eigenvalue weighted by Crippen LogP contribution is 2.45. The van der Waals surface area contributed by atoms with Gasteiger partial charge in [0.25, 0.3) is 0 Å². The number of hydrogen-bond donors (Lipinski definition) is 6. The van der Waals surface area contributed by atoms with Crippen LogP contribution in [0.15, 0.2) is 42.7 Å². The van der Waals surface area contributed by atoms with Crippen molar-refractivity contribution in [2.45, 2.75) is 24.6 Å². The first-order chi connectivity index (χ1) is 20.5. The third-order valence-corrected chi connectivity index (χ3v) is 7.20. The molecule has 6 N–H and O–H groups in total. The van der Waals surface area contributed by atoms with Crippen LogP contribution >= 0.6 is 0 Å². The molecule has 0 aliphatic carbocycles. The number of carbonyl (C=O) groups excluding carboxylic acids is 1. The summed E-state index contributed by atoms with van der Waals surface area (Å²) in [5.74, 6) is -3.97. The second-order valence-electron chi connectivity index (χ2n) is 9.71. The van der Waals surface area contributed by atoms with Crippen molar-refractivity contribution >= 4 is 38.5 Å². The van der Waals surface area contributed by atoms with Gasteiger partial charge in [0.15, 0.2) is 45.7 Å². The number of hydrogen-bond acceptors (Lipinski definition) is 15. The lowest BCUT2D eigenvalue weighted by Crippen LogP contribution is -2.54. The number of rotatable bonds is 6. The number of carbonyl (C=O) groups is 1. The van der Waals surface area contributed by atoms with Crippen LogP contribution in [0, 0.1) is 0 Å². The molecule has 43 heavy (non-hydrogen) atoms. The van der Waals surface area contributed by atoms with Crippen molar-refractivity contribution in [3.05, 3.63) is 56.2 Å². The SMILES string of the molecule is COc1c(OC2OCC(O)C(O)C2O)cc2c(=O)oc3c(OC)c(C(=O)c4cc(O)c(O)c(O)c4)cc4c(=O)oc1c2c34. The molecule has 5 aromatic rings. The van der Waals surface area contributed by atoms with E-state index in [2.05, 4.69) is 0 Å². The molecule has 0 amide bonds. The summed E-state index contributed by atoms with van der Waals surface area (Å²) in [6, 6.07) is 4.09. The maximum absolute atomic E-state index is 13.5. The van der Waals surface area contributed by atoms with Gasteiger partial charge in [0.05, 0.1) is 37.2 Å². The Kier molecular flexibility index (Phi) is 6.54. The molecule has 224 valence electrons. The van der Waals surface area contributed by atoms with Crippen molar-refractivity contribution < 1.29 is 63.2 Å². The first kappa shape index (κ1) is 28.0. The zero-order chi connectivity index (χ0) is 30.9. The Labute approximate surface area is 238 Å². The fourth-order valence-electron chi connectivity index (χ4n) is 5.12. The predicted octanol–water partition coefficient (Wildman–Crippen LogP) is 0.673. The van der Waals surface area contributed by atoms with Gasteiger partial charge in [-0.1, -0.05) is 0 Å². The van der Waals surface area contributed by atoms with Crippen molar-refractivity contribution in [3.63, 3.8) is 0 Å². The normalized spacial score (nSPS) is 20.6. The third kappa shape index (κ3) is 4.17. The highest BCUT2D eigenvalue weighted by molar-refractivity contribution is 6.25. The van der Waals surface area contributed by atoms with Crippen LogP contribution in [0.3, 0.4) is 0 Å². The monoisotopic (exact) mass is 598 g/mol. The van der Waals surface area contributed by atoms with Crippen LogP contribution in [-0.4, -0.2) is 81.9 Å². The average molecular weight is 598 g/mol. The molecular formula is C28H22O15. The molecule has 3 aromatic carbocycles. The summed E-state index contributed by atoms with van der Waals surface area (Å²) in [6.45, 7) is -0.374. The van der Waals surface area contributed by atoms with Crippen molar-refractivity contribution in [1.29, 1.82) is 0 Å². The number of ketones is 1. The number of aliphatic hydroxyl groups excluding tert-OH is 3. The van der Waals surface area contributed by atoms with E-state index in [9.17, 15) is 45.0 Å². The number of phenolic OH excluding ortho intramolecular Hbond substituents is 3. The Bertz CT molecular complexity index is 2020. The molecule has 0 radical (unpaired) electrons. The minimum absolute atomic E-state index is 0.0306. The van der Waals surface area contributed by atoms with Crippen LogP contribution in [0.2, 0.25) is 0 Å². The Morgan fingerprint density at radius 2 is 1.37 bits per heavy atom. The van der Waals surface area contributed by atoms with E-state index in [0.29, 0.717) is 0 Å². The lowest BCUT2D eigenvalue weighted by atomic mass is 9.95. The molecule has 15 nitrogen and oxygen atoms in total. The molecule has 1 saturated heterocycles. The molecule has 4 atom stereocenters. The number of benzene rings is 3. The Balaban J connectivity index is 1.60. The minimum atomic E-state index is -1.69. The fraction of sp³-hybridized carbons (Fsp3) is 0.250. The Morgan fingerprint density at radius 3 is 1.95 bits per heavy atom. The smallest absolute Gasteiger partial charge is 0.344 e. The van der Waals surface area contributed by atoms with Gasteiger partial charge in [-0.05, 0) is 24.3 Å². The van der Waals surface area contributed by atoms with E-state index in [1.165, 1.54) is 20.3 Å². The number of aliphatic hydroxyl groups is 3. The second kappa shape index (κ2) is 10.0. The zero-order valence-electron chi connectivity index (χ0n) is 22.2. The first-order valence-electron chi connectivity index (χ1n) is 12.5. The van der Waals surface area contributed by atoms with E-state index in [1.807, 2.05) is 0 Å². The molecule has 1 aliphatic heterocycles. The Morgan fingerprint density at radius 1 is 0.814 bits per heavy atom. The lowest BCUT2D eigenvalue weighted by Gasteiger charge is -2.35. The minimum Gasteiger partial charge on any atom is -0.504 e. The summed E-state index contributed by atoms with van der Waals surface area (Å²) in [6.07, 6.45) is -6.17. The van der Waals surface area contributed by atoms with Gasteiger partial charge in [-0.3, -0.25) is 4.79 Å². The summed E-state index contributed by atoms with van der Waals surface area (Å²) >= 11 is 0. The van der Waals surface area contributed by atoms with Gasteiger partial charge in [-0.15, -0.1) is 0 Å².